The van der Waals surface area contributed by atoms with Gasteiger partial charge in [0.2, 0.25) is 0 Å². The molecule has 0 aliphatic carbocycles. The van der Waals surface area contributed by atoms with Gasteiger partial charge in [0.1, 0.15) is 10.8 Å². The van der Waals surface area contributed by atoms with Crippen LogP contribution in [-0.4, -0.2) is 17.2 Å². The number of carbonyl (C=O) groups excluding carboxylic acids is 2. The highest BCUT2D eigenvalue weighted by Gasteiger charge is 2.23. The summed E-state index contributed by atoms with van der Waals surface area (Å²) in [5, 5.41) is 2.73. The summed E-state index contributed by atoms with van der Waals surface area (Å²) in [6.45, 7) is 0.354. The Bertz CT molecular complexity index is 403. The summed E-state index contributed by atoms with van der Waals surface area (Å²) in [5.41, 5.74) is 1.31. The summed E-state index contributed by atoms with van der Waals surface area (Å²) in [6, 6.07) is 1.45. The number of aldehydes is 1. The van der Waals surface area contributed by atoms with Gasteiger partial charge in [0.05, 0.1) is 0 Å². The van der Waals surface area contributed by atoms with Crippen LogP contribution in [0.1, 0.15) is 26.4 Å². The van der Waals surface area contributed by atoms with Crippen LogP contribution in [0.2, 0.25) is 5.15 Å². The lowest BCUT2D eigenvalue weighted by molar-refractivity contribution is 0.0961. The Kier molecular flexibility index (Phi) is 1.77. The first-order valence-electron chi connectivity index (χ1n) is 3.65. The molecule has 0 bridgehead atoms. The van der Waals surface area contributed by atoms with Crippen molar-refractivity contribution in [3.8, 4) is 0 Å². The standard InChI is InChI=1S/C8H5ClN2O2/c9-6-1-4(3-12)5-2-10-8(13)7(5)11-6/h1,3H,2H2,(H,10,13). The zero-order valence-electron chi connectivity index (χ0n) is 6.50. The molecule has 0 fully saturated rings. The first-order chi connectivity index (χ1) is 6.22. The molecular weight excluding hydrogens is 192 g/mol. The molecule has 13 heavy (non-hydrogen) atoms. The third-order valence-corrected chi connectivity index (χ3v) is 2.09. The quantitative estimate of drug-likeness (QED) is 0.534. The third-order valence-electron chi connectivity index (χ3n) is 1.90. The van der Waals surface area contributed by atoms with E-state index in [1.807, 2.05) is 0 Å². The van der Waals surface area contributed by atoms with Gasteiger partial charge in [0, 0.05) is 17.7 Å². The molecule has 0 aromatic carbocycles. The number of carbonyl (C=O) groups is 2. The van der Waals surface area contributed by atoms with Gasteiger partial charge in [-0.1, -0.05) is 11.6 Å². The number of amides is 1. The molecule has 1 aliphatic rings. The predicted molar refractivity (Wildman–Crippen MR) is 45.8 cm³/mol. The minimum atomic E-state index is -0.277. The minimum absolute atomic E-state index is 0.165. The number of nitrogens with one attached hydrogen (secondary N) is 1. The number of fused-ring (bicyclic) bond motifs is 1. The predicted octanol–water partition coefficient (Wildman–Crippen LogP) is 0.791. The molecule has 1 aliphatic heterocycles. The molecule has 1 amide bonds. The second kappa shape index (κ2) is 2.81. The highest BCUT2D eigenvalue weighted by molar-refractivity contribution is 6.30. The average Bonchev–Trinajstić information content (AvgIpc) is 2.47. The molecule has 0 radical (unpaired) electrons. The van der Waals surface area contributed by atoms with Gasteiger partial charge < -0.3 is 5.32 Å². The molecule has 1 aromatic rings. The molecule has 2 heterocycles. The van der Waals surface area contributed by atoms with E-state index in [4.69, 9.17) is 11.6 Å². The lowest BCUT2D eigenvalue weighted by Gasteiger charge is -1.98. The monoisotopic (exact) mass is 196 g/mol. The number of nitrogens with zero attached hydrogens (tertiary/aromatic N) is 1. The van der Waals surface area contributed by atoms with Gasteiger partial charge in [-0.05, 0) is 6.07 Å². The molecule has 0 saturated carbocycles. The zero-order chi connectivity index (χ0) is 9.42. The second-order valence-corrected chi connectivity index (χ2v) is 3.05. The fraction of sp³-hybridized carbons (Fsp3) is 0.125. The van der Waals surface area contributed by atoms with Crippen molar-refractivity contribution >= 4 is 23.8 Å². The van der Waals surface area contributed by atoms with Crippen LogP contribution < -0.4 is 5.32 Å². The van der Waals surface area contributed by atoms with E-state index in [9.17, 15) is 9.59 Å². The molecule has 0 unspecified atom stereocenters. The van der Waals surface area contributed by atoms with Crippen LogP contribution in [0, 0.1) is 0 Å². The van der Waals surface area contributed by atoms with E-state index in [1.165, 1.54) is 6.07 Å². The summed E-state index contributed by atoms with van der Waals surface area (Å²) in [6.07, 6.45) is 0.673. The Morgan fingerprint density at radius 1 is 1.62 bits per heavy atom. The van der Waals surface area contributed by atoms with Crippen molar-refractivity contribution in [1.29, 1.82) is 0 Å². The van der Waals surface area contributed by atoms with E-state index in [-0.39, 0.29) is 16.8 Å². The largest absolute Gasteiger partial charge is 0.347 e. The van der Waals surface area contributed by atoms with Gasteiger partial charge in [-0.15, -0.1) is 0 Å². The Morgan fingerprint density at radius 2 is 2.38 bits per heavy atom. The normalized spacial score (nSPS) is 13.8. The van der Waals surface area contributed by atoms with Gasteiger partial charge in [-0.25, -0.2) is 4.98 Å². The van der Waals surface area contributed by atoms with E-state index >= 15 is 0 Å². The van der Waals surface area contributed by atoms with Crippen LogP contribution in [0.4, 0.5) is 0 Å². The number of hydrogen-bond donors (Lipinski definition) is 1. The third kappa shape index (κ3) is 1.19. The number of hydrogen-bond acceptors (Lipinski definition) is 3. The maximum atomic E-state index is 11.1. The van der Waals surface area contributed by atoms with E-state index in [2.05, 4.69) is 10.3 Å². The maximum absolute atomic E-state index is 11.1. The Hall–Kier alpha value is -1.42. The smallest absolute Gasteiger partial charge is 0.270 e. The molecule has 1 aromatic heterocycles. The lowest BCUT2D eigenvalue weighted by Crippen LogP contribution is -2.13. The van der Waals surface area contributed by atoms with E-state index in [1.54, 1.807) is 0 Å². The average molecular weight is 197 g/mol. The van der Waals surface area contributed by atoms with E-state index in [0.29, 0.717) is 24.0 Å². The van der Waals surface area contributed by atoms with Crippen LogP contribution in [0.25, 0.3) is 0 Å². The maximum Gasteiger partial charge on any atom is 0.270 e. The number of aromatic nitrogens is 1. The van der Waals surface area contributed by atoms with Crippen molar-refractivity contribution in [3.63, 3.8) is 0 Å². The number of rotatable bonds is 1. The summed E-state index contributed by atoms with van der Waals surface area (Å²) in [5.74, 6) is -0.277. The molecule has 5 heteroatoms. The van der Waals surface area contributed by atoms with Gasteiger partial charge >= 0.3 is 0 Å². The lowest BCUT2D eigenvalue weighted by atomic mass is 10.1. The number of halogens is 1. The molecule has 4 nitrogen and oxygen atoms in total. The second-order valence-electron chi connectivity index (χ2n) is 2.66. The van der Waals surface area contributed by atoms with Crippen LogP contribution in [-0.2, 0) is 6.54 Å². The summed E-state index contributed by atoms with van der Waals surface area (Å²) < 4.78 is 0. The minimum Gasteiger partial charge on any atom is -0.347 e. The van der Waals surface area contributed by atoms with Crippen LogP contribution in [0.3, 0.4) is 0 Å². The molecule has 2 rings (SSSR count). The summed E-state index contributed by atoms with van der Waals surface area (Å²) in [7, 11) is 0. The zero-order valence-corrected chi connectivity index (χ0v) is 7.26. The van der Waals surface area contributed by atoms with Crippen molar-refractivity contribution in [2.75, 3.05) is 0 Å². The molecule has 0 spiro atoms. The fourth-order valence-electron chi connectivity index (χ4n) is 1.29. The van der Waals surface area contributed by atoms with Crippen molar-refractivity contribution in [1.82, 2.24) is 10.3 Å². The van der Waals surface area contributed by atoms with Crippen molar-refractivity contribution in [3.05, 3.63) is 28.0 Å². The van der Waals surface area contributed by atoms with Gasteiger partial charge in [-0.3, -0.25) is 9.59 Å². The fourth-order valence-corrected chi connectivity index (χ4v) is 1.49. The molecule has 1 N–H and O–H groups in total. The highest BCUT2D eigenvalue weighted by atomic mass is 35.5. The molecule has 66 valence electrons. The topological polar surface area (TPSA) is 59.1 Å². The van der Waals surface area contributed by atoms with E-state index in [0.717, 1.165) is 0 Å². The first-order valence-corrected chi connectivity index (χ1v) is 4.03. The Balaban J connectivity index is 2.69. The number of pyridine rings is 1. The van der Waals surface area contributed by atoms with Crippen LogP contribution >= 0.6 is 11.6 Å². The summed E-state index contributed by atoms with van der Waals surface area (Å²) >= 11 is 5.62. The van der Waals surface area contributed by atoms with Gasteiger partial charge in [0.25, 0.3) is 5.91 Å². The van der Waals surface area contributed by atoms with Crippen LogP contribution in [0.15, 0.2) is 6.07 Å². The highest BCUT2D eigenvalue weighted by Crippen LogP contribution is 2.20. The van der Waals surface area contributed by atoms with Crippen molar-refractivity contribution in [2.24, 2.45) is 0 Å². The molecular formula is C8H5ClN2O2. The Labute approximate surface area is 78.9 Å². The van der Waals surface area contributed by atoms with Crippen molar-refractivity contribution < 1.29 is 9.59 Å². The molecule has 0 atom stereocenters. The van der Waals surface area contributed by atoms with Crippen LogP contribution in [0.5, 0.6) is 0 Å². The first kappa shape index (κ1) is 8.19. The SMILES string of the molecule is O=Cc1cc(Cl)nc2c1CNC2=O. The Morgan fingerprint density at radius 3 is 3.08 bits per heavy atom. The molecule has 0 saturated heterocycles. The van der Waals surface area contributed by atoms with E-state index < -0.39 is 0 Å². The van der Waals surface area contributed by atoms with Crippen molar-refractivity contribution in [2.45, 2.75) is 6.54 Å². The van der Waals surface area contributed by atoms with Gasteiger partial charge in [-0.2, -0.15) is 0 Å². The van der Waals surface area contributed by atoms with Gasteiger partial charge in [0.15, 0.2) is 6.29 Å². The summed E-state index contributed by atoms with van der Waals surface area (Å²) in [4.78, 5) is 25.6.